The summed E-state index contributed by atoms with van der Waals surface area (Å²) in [5, 5.41) is 12.1. The van der Waals surface area contributed by atoms with Gasteiger partial charge in [-0.3, -0.25) is 9.36 Å². The van der Waals surface area contributed by atoms with Crippen LogP contribution in [0, 0.1) is 0 Å². The van der Waals surface area contributed by atoms with E-state index in [1.165, 1.54) is 11.8 Å². The standard InChI is InChI=1S/C22H24N4O4S/c1-5-10-26-21(15-6-8-17(28-2)9-7-15)24-25-22(26)31-14-20(27)23-16-11-18(29-3)13-19(12-16)30-4/h5-9,11-13H,1,10,14H2,2-4H3,(H,23,27). The van der Waals surface area contributed by atoms with Crippen molar-refractivity contribution in [1.29, 1.82) is 0 Å². The number of carbonyl (C=O) groups excluding carboxylic acids is 1. The number of allylic oxidation sites excluding steroid dienone is 1. The van der Waals surface area contributed by atoms with Gasteiger partial charge in [-0.1, -0.05) is 17.8 Å². The molecular weight excluding hydrogens is 416 g/mol. The highest BCUT2D eigenvalue weighted by Crippen LogP contribution is 2.28. The van der Waals surface area contributed by atoms with Crippen LogP contribution in [0.2, 0.25) is 0 Å². The first-order valence-corrected chi connectivity index (χ1v) is 10.4. The molecule has 0 radical (unpaired) electrons. The lowest BCUT2D eigenvalue weighted by Crippen LogP contribution is -2.15. The lowest BCUT2D eigenvalue weighted by atomic mass is 10.2. The summed E-state index contributed by atoms with van der Waals surface area (Å²) in [6.45, 7) is 4.33. The number of nitrogens with one attached hydrogen (secondary N) is 1. The predicted octanol–water partition coefficient (Wildman–Crippen LogP) is 3.89. The molecule has 1 N–H and O–H groups in total. The number of thioether (sulfide) groups is 1. The summed E-state index contributed by atoms with van der Waals surface area (Å²) >= 11 is 1.30. The van der Waals surface area contributed by atoms with Crippen molar-refractivity contribution in [3.05, 3.63) is 55.1 Å². The smallest absolute Gasteiger partial charge is 0.234 e. The maximum atomic E-state index is 12.5. The molecule has 0 unspecified atom stereocenters. The van der Waals surface area contributed by atoms with Gasteiger partial charge in [-0.05, 0) is 24.3 Å². The summed E-state index contributed by atoms with van der Waals surface area (Å²) in [4.78, 5) is 12.5. The van der Waals surface area contributed by atoms with Gasteiger partial charge in [-0.15, -0.1) is 16.8 Å². The molecule has 0 saturated carbocycles. The quantitative estimate of drug-likeness (QED) is 0.378. The Bertz CT molecular complexity index is 1030. The van der Waals surface area contributed by atoms with E-state index in [-0.39, 0.29) is 11.7 Å². The van der Waals surface area contributed by atoms with Crippen LogP contribution in [0.25, 0.3) is 11.4 Å². The van der Waals surface area contributed by atoms with Crippen LogP contribution in [0.1, 0.15) is 0 Å². The third-order valence-electron chi connectivity index (χ3n) is 4.34. The Morgan fingerprint density at radius 3 is 2.26 bits per heavy atom. The van der Waals surface area contributed by atoms with E-state index >= 15 is 0 Å². The summed E-state index contributed by atoms with van der Waals surface area (Å²) < 4.78 is 17.6. The Labute approximate surface area is 185 Å². The fraction of sp³-hybridized carbons (Fsp3) is 0.227. The summed E-state index contributed by atoms with van der Waals surface area (Å²) in [5.41, 5.74) is 1.49. The summed E-state index contributed by atoms with van der Waals surface area (Å²) in [5.74, 6) is 2.63. The van der Waals surface area contributed by atoms with Crippen LogP contribution in [0.15, 0.2) is 60.3 Å². The number of anilines is 1. The highest BCUT2D eigenvalue weighted by Gasteiger charge is 2.15. The highest BCUT2D eigenvalue weighted by molar-refractivity contribution is 7.99. The van der Waals surface area contributed by atoms with E-state index < -0.39 is 0 Å². The molecule has 2 aromatic carbocycles. The molecular formula is C22H24N4O4S. The normalized spacial score (nSPS) is 10.4. The van der Waals surface area contributed by atoms with Gasteiger partial charge >= 0.3 is 0 Å². The number of nitrogens with zero attached hydrogens (tertiary/aromatic N) is 3. The molecule has 0 saturated heterocycles. The van der Waals surface area contributed by atoms with E-state index in [0.717, 1.165) is 11.3 Å². The zero-order valence-corrected chi connectivity index (χ0v) is 18.4. The Hall–Kier alpha value is -3.46. The van der Waals surface area contributed by atoms with Crippen molar-refractivity contribution in [2.24, 2.45) is 0 Å². The van der Waals surface area contributed by atoms with Crippen molar-refractivity contribution in [2.75, 3.05) is 32.4 Å². The van der Waals surface area contributed by atoms with Crippen LogP contribution in [0.3, 0.4) is 0 Å². The minimum atomic E-state index is -0.181. The second-order valence-corrected chi connectivity index (χ2v) is 7.31. The number of hydrogen-bond donors (Lipinski definition) is 1. The van der Waals surface area contributed by atoms with Gasteiger partial charge in [0, 0.05) is 36.0 Å². The van der Waals surface area contributed by atoms with Gasteiger partial charge in [-0.2, -0.15) is 0 Å². The van der Waals surface area contributed by atoms with Crippen molar-refractivity contribution in [3.8, 4) is 28.6 Å². The second-order valence-electron chi connectivity index (χ2n) is 6.37. The molecule has 0 bridgehead atoms. The van der Waals surface area contributed by atoms with Crippen LogP contribution in [-0.4, -0.2) is 47.8 Å². The van der Waals surface area contributed by atoms with E-state index in [9.17, 15) is 4.79 Å². The number of amides is 1. The highest BCUT2D eigenvalue weighted by atomic mass is 32.2. The summed E-state index contributed by atoms with van der Waals surface area (Å²) in [6.07, 6.45) is 1.77. The Kier molecular flexibility index (Phi) is 7.55. The zero-order valence-electron chi connectivity index (χ0n) is 17.6. The molecule has 162 valence electrons. The average molecular weight is 441 g/mol. The Morgan fingerprint density at radius 2 is 1.68 bits per heavy atom. The first-order valence-electron chi connectivity index (χ1n) is 9.42. The third-order valence-corrected chi connectivity index (χ3v) is 5.31. The molecule has 1 amide bonds. The molecule has 3 rings (SSSR count). The summed E-state index contributed by atoms with van der Waals surface area (Å²) in [7, 11) is 4.74. The predicted molar refractivity (Wildman–Crippen MR) is 121 cm³/mol. The molecule has 0 aliphatic carbocycles. The first kappa shape index (κ1) is 22.2. The van der Waals surface area contributed by atoms with Gasteiger partial charge in [-0.25, -0.2) is 0 Å². The minimum absolute atomic E-state index is 0.164. The largest absolute Gasteiger partial charge is 0.497 e. The molecule has 0 fully saturated rings. The van der Waals surface area contributed by atoms with Crippen molar-refractivity contribution >= 4 is 23.4 Å². The van der Waals surface area contributed by atoms with Crippen LogP contribution < -0.4 is 19.5 Å². The Morgan fingerprint density at radius 1 is 1.03 bits per heavy atom. The van der Waals surface area contributed by atoms with Gasteiger partial charge < -0.3 is 19.5 Å². The fourth-order valence-electron chi connectivity index (χ4n) is 2.85. The van der Waals surface area contributed by atoms with Gasteiger partial charge in [0.05, 0.1) is 27.1 Å². The van der Waals surface area contributed by atoms with Gasteiger partial charge in [0.15, 0.2) is 11.0 Å². The number of methoxy groups -OCH3 is 3. The molecule has 31 heavy (non-hydrogen) atoms. The number of carbonyl (C=O) groups is 1. The van der Waals surface area contributed by atoms with Gasteiger partial charge in [0.1, 0.15) is 17.2 Å². The number of rotatable bonds is 10. The lowest BCUT2D eigenvalue weighted by Gasteiger charge is -2.10. The van der Waals surface area contributed by atoms with E-state index in [0.29, 0.717) is 34.7 Å². The Balaban J connectivity index is 1.71. The number of hydrogen-bond acceptors (Lipinski definition) is 7. The minimum Gasteiger partial charge on any atom is -0.497 e. The van der Waals surface area contributed by atoms with Crippen molar-refractivity contribution in [3.63, 3.8) is 0 Å². The second kappa shape index (κ2) is 10.5. The molecule has 1 aromatic heterocycles. The SMILES string of the molecule is C=CCn1c(SCC(=O)Nc2cc(OC)cc(OC)c2)nnc1-c1ccc(OC)cc1. The molecule has 1 heterocycles. The molecule has 0 aliphatic rings. The molecule has 8 nitrogen and oxygen atoms in total. The molecule has 0 spiro atoms. The topological polar surface area (TPSA) is 87.5 Å². The zero-order chi connectivity index (χ0) is 22.2. The average Bonchev–Trinajstić information content (AvgIpc) is 3.20. The summed E-state index contributed by atoms with van der Waals surface area (Å²) in [6, 6.07) is 12.8. The molecule has 9 heteroatoms. The fourth-order valence-corrected chi connectivity index (χ4v) is 3.60. The van der Waals surface area contributed by atoms with Crippen molar-refractivity contribution in [2.45, 2.75) is 11.7 Å². The maximum Gasteiger partial charge on any atom is 0.234 e. The first-order chi connectivity index (χ1) is 15.1. The van der Waals surface area contributed by atoms with E-state index in [4.69, 9.17) is 14.2 Å². The molecule has 0 aliphatic heterocycles. The third kappa shape index (κ3) is 5.58. The monoisotopic (exact) mass is 440 g/mol. The van der Waals surface area contributed by atoms with Crippen LogP contribution in [-0.2, 0) is 11.3 Å². The van der Waals surface area contributed by atoms with E-state index in [2.05, 4.69) is 22.1 Å². The number of ether oxygens (including phenoxy) is 3. The van der Waals surface area contributed by atoms with Crippen molar-refractivity contribution < 1.29 is 19.0 Å². The van der Waals surface area contributed by atoms with E-state index in [1.807, 2.05) is 28.8 Å². The van der Waals surface area contributed by atoms with Crippen LogP contribution >= 0.6 is 11.8 Å². The van der Waals surface area contributed by atoms with E-state index in [1.54, 1.807) is 45.6 Å². The van der Waals surface area contributed by atoms with Gasteiger partial charge in [0.2, 0.25) is 5.91 Å². The van der Waals surface area contributed by atoms with Crippen LogP contribution in [0.4, 0.5) is 5.69 Å². The lowest BCUT2D eigenvalue weighted by molar-refractivity contribution is -0.113. The van der Waals surface area contributed by atoms with Crippen molar-refractivity contribution in [1.82, 2.24) is 14.8 Å². The number of benzene rings is 2. The number of aromatic nitrogens is 3. The molecule has 3 aromatic rings. The maximum absolute atomic E-state index is 12.5. The van der Waals surface area contributed by atoms with Crippen LogP contribution in [0.5, 0.6) is 17.2 Å². The molecule has 0 atom stereocenters. The van der Waals surface area contributed by atoms with Gasteiger partial charge in [0.25, 0.3) is 0 Å².